The molecule has 0 aliphatic rings. The number of rotatable bonds is 4. The second-order valence-electron chi connectivity index (χ2n) is 5.25. The van der Waals surface area contributed by atoms with Crippen LogP contribution in [0, 0.1) is 20.8 Å². The molecule has 7 nitrogen and oxygen atoms in total. The first-order valence-electron chi connectivity index (χ1n) is 7.12. The van der Waals surface area contributed by atoms with Gasteiger partial charge in [0.25, 0.3) is 0 Å². The Morgan fingerprint density at radius 2 is 2.04 bits per heavy atom. The molecule has 23 heavy (non-hydrogen) atoms. The average molecular weight is 312 g/mol. The summed E-state index contributed by atoms with van der Waals surface area (Å²) in [4.78, 5) is 16.3. The molecule has 0 spiro atoms. The van der Waals surface area contributed by atoms with E-state index in [0.29, 0.717) is 17.1 Å². The number of pyridine rings is 1. The molecule has 0 atom stereocenters. The second kappa shape index (κ2) is 6.04. The van der Waals surface area contributed by atoms with Gasteiger partial charge in [0, 0.05) is 18.0 Å². The van der Waals surface area contributed by atoms with Crippen molar-refractivity contribution in [2.24, 2.45) is 0 Å². The van der Waals surface area contributed by atoms with Crippen LogP contribution < -0.4 is 0 Å². The van der Waals surface area contributed by atoms with Crippen molar-refractivity contribution in [3.63, 3.8) is 0 Å². The molecule has 7 heteroatoms. The molecule has 0 aromatic carbocycles. The number of carbonyl (C=O) groups is 1. The number of nitrogens with zero attached hydrogens (tertiary/aromatic N) is 4. The number of hydrogen-bond donors (Lipinski definition) is 0. The van der Waals surface area contributed by atoms with E-state index in [0.717, 1.165) is 17.1 Å². The summed E-state index contributed by atoms with van der Waals surface area (Å²) in [7, 11) is 0. The zero-order chi connectivity index (χ0) is 16.4. The number of hydrogen-bond acceptors (Lipinski definition) is 6. The Bertz CT molecular complexity index is 833. The van der Waals surface area contributed by atoms with Crippen molar-refractivity contribution < 1.29 is 14.1 Å². The Morgan fingerprint density at radius 3 is 2.61 bits per heavy atom. The molecule has 118 valence electrons. The molecule has 3 aromatic heterocycles. The van der Waals surface area contributed by atoms with E-state index in [-0.39, 0.29) is 6.61 Å². The summed E-state index contributed by atoms with van der Waals surface area (Å²) in [5.74, 6) is 0.688. The van der Waals surface area contributed by atoms with Crippen molar-refractivity contribution >= 4 is 5.97 Å². The molecule has 0 aliphatic carbocycles. The van der Waals surface area contributed by atoms with E-state index in [1.54, 1.807) is 29.8 Å². The van der Waals surface area contributed by atoms with Gasteiger partial charge in [0.05, 0.1) is 17.0 Å². The average Bonchev–Trinajstić information content (AvgIpc) is 3.10. The van der Waals surface area contributed by atoms with Crippen LogP contribution in [-0.4, -0.2) is 25.9 Å². The fraction of sp³-hybridized carbons (Fsp3) is 0.250. The summed E-state index contributed by atoms with van der Waals surface area (Å²) < 4.78 is 11.9. The predicted octanol–water partition coefficient (Wildman–Crippen LogP) is 2.54. The van der Waals surface area contributed by atoms with Gasteiger partial charge in [0.15, 0.2) is 18.2 Å². The first kappa shape index (κ1) is 15.0. The standard InChI is InChI=1S/C16H16N4O3/c1-10-6-12(3)20(18-10)15-5-4-13(8-17-15)16(21)22-9-14-7-11(2)19-23-14/h4-8H,9H2,1-3H3. The molecule has 3 rings (SSSR count). The number of carbonyl (C=O) groups excluding carboxylic acids is 1. The highest BCUT2D eigenvalue weighted by atomic mass is 16.5. The van der Waals surface area contributed by atoms with Crippen LogP contribution in [-0.2, 0) is 11.3 Å². The smallest absolute Gasteiger partial charge is 0.340 e. The lowest BCUT2D eigenvalue weighted by Gasteiger charge is -2.05. The lowest BCUT2D eigenvalue weighted by atomic mass is 10.3. The minimum absolute atomic E-state index is 0.0406. The maximum absolute atomic E-state index is 12.0. The maximum atomic E-state index is 12.0. The third-order valence-electron chi connectivity index (χ3n) is 3.23. The van der Waals surface area contributed by atoms with Crippen LogP contribution >= 0.6 is 0 Å². The second-order valence-corrected chi connectivity index (χ2v) is 5.25. The van der Waals surface area contributed by atoms with Gasteiger partial charge in [-0.1, -0.05) is 5.16 Å². The van der Waals surface area contributed by atoms with Crippen molar-refractivity contribution in [3.05, 3.63) is 58.9 Å². The normalized spacial score (nSPS) is 10.7. The summed E-state index contributed by atoms with van der Waals surface area (Å²) >= 11 is 0. The van der Waals surface area contributed by atoms with Crippen LogP contribution in [0.15, 0.2) is 35.0 Å². The molecule has 3 aromatic rings. The van der Waals surface area contributed by atoms with Gasteiger partial charge in [0.2, 0.25) is 0 Å². The maximum Gasteiger partial charge on any atom is 0.340 e. The van der Waals surface area contributed by atoms with Gasteiger partial charge in [-0.2, -0.15) is 5.10 Å². The highest BCUT2D eigenvalue weighted by Gasteiger charge is 2.11. The van der Waals surface area contributed by atoms with E-state index in [4.69, 9.17) is 9.26 Å². The van der Waals surface area contributed by atoms with Gasteiger partial charge in [-0.3, -0.25) is 0 Å². The number of ether oxygens (including phenoxy) is 1. The van der Waals surface area contributed by atoms with E-state index in [1.807, 2.05) is 19.9 Å². The monoisotopic (exact) mass is 312 g/mol. The van der Waals surface area contributed by atoms with Crippen molar-refractivity contribution in [2.75, 3.05) is 0 Å². The zero-order valence-corrected chi connectivity index (χ0v) is 13.1. The molecule has 0 radical (unpaired) electrons. The third kappa shape index (κ3) is 3.28. The van der Waals surface area contributed by atoms with Crippen LogP contribution in [0.2, 0.25) is 0 Å². The topological polar surface area (TPSA) is 83.0 Å². The molecule has 0 amide bonds. The predicted molar refractivity (Wildman–Crippen MR) is 81.2 cm³/mol. The van der Waals surface area contributed by atoms with E-state index in [9.17, 15) is 4.79 Å². The van der Waals surface area contributed by atoms with Gasteiger partial charge in [-0.05, 0) is 39.0 Å². The van der Waals surface area contributed by atoms with E-state index < -0.39 is 5.97 Å². The summed E-state index contributed by atoms with van der Waals surface area (Å²) in [5.41, 5.74) is 3.00. The van der Waals surface area contributed by atoms with Crippen molar-refractivity contribution in [1.82, 2.24) is 19.9 Å². The number of aryl methyl sites for hydroxylation is 3. The first-order chi connectivity index (χ1) is 11.0. The van der Waals surface area contributed by atoms with Gasteiger partial charge in [-0.25, -0.2) is 14.5 Å². The first-order valence-corrected chi connectivity index (χ1v) is 7.12. The van der Waals surface area contributed by atoms with Crippen molar-refractivity contribution in [2.45, 2.75) is 27.4 Å². The molecule has 0 aliphatic heterocycles. The molecule has 0 N–H and O–H groups in total. The summed E-state index contributed by atoms with van der Waals surface area (Å²) in [6.45, 7) is 5.71. The lowest BCUT2D eigenvalue weighted by Crippen LogP contribution is -2.07. The van der Waals surface area contributed by atoms with Crippen LogP contribution in [0.3, 0.4) is 0 Å². The highest BCUT2D eigenvalue weighted by Crippen LogP contribution is 2.12. The minimum atomic E-state index is -0.466. The van der Waals surface area contributed by atoms with Crippen LogP contribution in [0.25, 0.3) is 5.82 Å². The summed E-state index contributed by atoms with van der Waals surface area (Å²) in [6.07, 6.45) is 1.47. The van der Waals surface area contributed by atoms with Gasteiger partial charge >= 0.3 is 5.97 Å². The Kier molecular flexibility index (Phi) is 3.92. The molecule has 0 saturated heterocycles. The van der Waals surface area contributed by atoms with Gasteiger partial charge in [0.1, 0.15) is 0 Å². The molecule has 3 heterocycles. The Hall–Kier alpha value is -2.96. The van der Waals surface area contributed by atoms with E-state index >= 15 is 0 Å². The van der Waals surface area contributed by atoms with Crippen molar-refractivity contribution in [1.29, 1.82) is 0 Å². The van der Waals surface area contributed by atoms with Crippen LogP contribution in [0.5, 0.6) is 0 Å². The Morgan fingerprint density at radius 1 is 1.22 bits per heavy atom. The van der Waals surface area contributed by atoms with E-state index in [1.165, 1.54) is 6.20 Å². The fourth-order valence-electron chi connectivity index (χ4n) is 2.20. The van der Waals surface area contributed by atoms with Crippen molar-refractivity contribution in [3.8, 4) is 5.82 Å². The highest BCUT2D eigenvalue weighted by molar-refractivity contribution is 5.89. The Labute approximate surface area is 132 Å². The Balaban J connectivity index is 1.69. The third-order valence-corrected chi connectivity index (χ3v) is 3.23. The summed E-state index contributed by atoms with van der Waals surface area (Å²) in [5, 5.41) is 8.09. The number of aromatic nitrogens is 4. The van der Waals surface area contributed by atoms with Gasteiger partial charge in [-0.15, -0.1) is 0 Å². The molecule has 0 bridgehead atoms. The molecule has 0 fully saturated rings. The fourth-order valence-corrected chi connectivity index (χ4v) is 2.20. The van der Waals surface area contributed by atoms with Crippen LogP contribution in [0.4, 0.5) is 0 Å². The quantitative estimate of drug-likeness (QED) is 0.688. The number of esters is 1. The SMILES string of the molecule is Cc1cc(COC(=O)c2ccc(-n3nc(C)cc3C)nc2)on1. The largest absolute Gasteiger partial charge is 0.454 e. The van der Waals surface area contributed by atoms with E-state index in [2.05, 4.69) is 15.2 Å². The summed E-state index contributed by atoms with van der Waals surface area (Å²) in [6, 6.07) is 7.07. The molecule has 0 unspecified atom stereocenters. The lowest BCUT2D eigenvalue weighted by molar-refractivity contribution is 0.0437. The minimum Gasteiger partial charge on any atom is -0.454 e. The molecule has 0 saturated carbocycles. The van der Waals surface area contributed by atoms with Gasteiger partial charge < -0.3 is 9.26 Å². The zero-order valence-electron chi connectivity index (χ0n) is 13.1. The molecular formula is C16H16N4O3. The molecular weight excluding hydrogens is 296 g/mol. The van der Waals surface area contributed by atoms with Crippen LogP contribution in [0.1, 0.15) is 33.2 Å².